The van der Waals surface area contributed by atoms with Gasteiger partial charge in [-0.25, -0.2) is 13.6 Å². The number of primary sulfonamides is 1. The summed E-state index contributed by atoms with van der Waals surface area (Å²) in [6.07, 6.45) is 1.78. The fourth-order valence-electron chi connectivity index (χ4n) is 3.10. The molecule has 27 heavy (non-hydrogen) atoms. The zero-order valence-corrected chi connectivity index (χ0v) is 15.8. The van der Waals surface area contributed by atoms with Crippen molar-refractivity contribution in [2.24, 2.45) is 12.2 Å². The fourth-order valence-corrected chi connectivity index (χ4v) is 3.89. The number of nitrogens with two attached hydrogens (primary N) is 1. The van der Waals surface area contributed by atoms with E-state index in [1.807, 2.05) is 32.2 Å². The van der Waals surface area contributed by atoms with Crippen molar-refractivity contribution >= 4 is 20.9 Å². The molecule has 2 heterocycles. The maximum atomic E-state index is 11.8. The van der Waals surface area contributed by atoms with Crippen LogP contribution in [0.1, 0.15) is 11.1 Å². The first-order chi connectivity index (χ1) is 12.7. The number of sulfonamides is 1. The standard InChI is InChI=1S/C18H17N5O3S/c1-10-6-11(2)16(27(19,24)25)8-14(10)18-21-17(22-26-18)12-4-5-13-9-20-23(3)15(13)7-12/h4-9H,1-3H3,(H2,19,24,25). The second kappa shape index (κ2) is 6.00. The number of benzene rings is 2. The highest BCUT2D eigenvalue weighted by Crippen LogP contribution is 2.29. The molecule has 0 unspecified atom stereocenters. The van der Waals surface area contributed by atoms with Gasteiger partial charge in [-0.1, -0.05) is 23.4 Å². The highest BCUT2D eigenvalue weighted by Gasteiger charge is 2.19. The van der Waals surface area contributed by atoms with Gasteiger partial charge in [0.1, 0.15) is 0 Å². The molecule has 0 aliphatic carbocycles. The minimum atomic E-state index is -3.85. The Morgan fingerprint density at radius 3 is 2.63 bits per heavy atom. The molecule has 9 heteroatoms. The van der Waals surface area contributed by atoms with Gasteiger partial charge in [0.15, 0.2) is 0 Å². The van der Waals surface area contributed by atoms with Crippen molar-refractivity contribution in [3.05, 3.63) is 47.7 Å². The molecule has 2 aromatic carbocycles. The van der Waals surface area contributed by atoms with Crippen molar-refractivity contribution in [3.63, 3.8) is 0 Å². The molecule has 0 radical (unpaired) electrons. The number of hydrogen-bond acceptors (Lipinski definition) is 6. The molecule has 4 rings (SSSR count). The first kappa shape index (κ1) is 17.4. The molecule has 8 nitrogen and oxygen atoms in total. The number of rotatable bonds is 3. The summed E-state index contributed by atoms with van der Waals surface area (Å²) in [5.41, 5.74) is 3.64. The van der Waals surface area contributed by atoms with Gasteiger partial charge in [-0.3, -0.25) is 4.68 Å². The summed E-state index contributed by atoms with van der Waals surface area (Å²) in [7, 11) is -1.99. The number of aryl methyl sites for hydroxylation is 3. The number of aromatic nitrogens is 4. The Morgan fingerprint density at radius 1 is 1.11 bits per heavy atom. The average molecular weight is 383 g/mol. The Kier molecular flexibility index (Phi) is 3.86. The van der Waals surface area contributed by atoms with Crippen LogP contribution in [0.2, 0.25) is 0 Å². The Bertz CT molecular complexity index is 1290. The summed E-state index contributed by atoms with van der Waals surface area (Å²) in [6.45, 7) is 3.54. The van der Waals surface area contributed by atoms with Crippen molar-refractivity contribution < 1.29 is 12.9 Å². The van der Waals surface area contributed by atoms with Crippen LogP contribution in [-0.4, -0.2) is 28.3 Å². The van der Waals surface area contributed by atoms with Crippen molar-refractivity contribution in [1.29, 1.82) is 0 Å². The molecular weight excluding hydrogens is 366 g/mol. The van der Waals surface area contributed by atoms with Gasteiger partial charge < -0.3 is 4.52 Å². The molecule has 2 N–H and O–H groups in total. The summed E-state index contributed by atoms with van der Waals surface area (Å²) in [6, 6.07) is 8.96. The van der Waals surface area contributed by atoms with Crippen molar-refractivity contribution in [3.8, 4) is 22.8 Å². The molecule has 0 aliphatic heterocycles. The highest BCUT2D eigenvalue weighted by molar-refractivity contribution is 7.89. The van der Waals surface area contributed by atoms with E-state index in [9.17, 15) is 8.42 Å². The smallest absolute Gasteiger partial charge is 0.258 e. The van der Waals surface area contributed by atoms with Crippen LogP contribution in [-0.2, 0) is 17.1 Å². The molecule has 0 spiro atoms. The minimum absolute atomic E-state index is 0.0409. The molecule has 0 saturated heterocycles. The van der Waals surface area contributed by atoms with Crippen LogP contribution in [0.15, 0.2) is 45.9 Å². The van der Waals surface area contributed by atoms with Crippen LogP contribution >= 0.6 is 0 Å². The molecule has 138 valence electrons. The van der Waals surface area contributed by atoms with Crippen LogP contribution in [0, 0.1) is 13.8 Å². The number of nitrogens with zero attached hydrogens (tertiary/aromatic N) is 4. The van der Waals surface area contributed by atoms with Gasteiger partial charge in [-0.2, -0.15) is 10.1 Å². The monoisotopic (exact) mass is 383 g/mol. The van der Waals surface area contributed by atoms with E-state index >= 15 is 0 Å². The molecule has 0 aliphatic rings. The van der Waals surface area contributed by atoms with E-state index in [-0.39, 0.29) is 10.8 Å². The zero-order chi connectivity index (χ0) is 19.3. The molecule has 0 saturated carbocycles. The molecule has 2 aromatic heterocycles. The lowest BCUT2D eigenvalue weighted by molar-refractivity contribution is 0.432. The van der Waals surface area contributed by atoms with Gasteiger partial charge in [0, 0.05) is 23.6 Å². The molecule has 0 bridgehead atoms. The van der Waals surface area contributed by atoms with Gasteiger partial charge in [-0.05, 0) is 37.1 Å². The van der Waals surface area contributed by atoms with E-state index in [1.54, 1.807) is 23.9 Å². The van der Waals surface area contributed by atoms with Crippen LogP contribution in [0.3, 0.4) is 0 Å². The second-order valence-electron chi connectivity index (χ2n) is 6.44. The summed E-state index contributed by atoms with van der Waals surface area (Å²) in [4.78, 5) is 4.48. The van der Waals surface area contributed by atoms with Crippen LogP contribution in [0.5, 0.6) is 0 Å². The number of fused-ring (bicyclic) bond motifs is 1. The molecule has 0 amide bonds. The van der Waals surface area contributed by atoms with Gasteiger partial charge in [0.2, 0.25) is 15.8 Å². The highest BCUT2D eigenvalue weighted by atomic mass is 32.2. The third kappa shape index (κ3) is 3.00. The van der Waals surface area contributed by atoms with E-state index in [1.165, 1.54) is 6.07 Å². The first-order valence-corrected chi connectivity index (χ1v) is 9.69. The van der Waals surface area contributed by atoms with Crippen molar-refractivity contribution in [2.75, 3.05) is 0 Å². The average Bonchev–Trinajstić information content (AvgIpc) is 3.21. The summed E-state index contributed by atoms with van der Waals surface area (Å²) < 4.78 is 30.8. The summed E-state index contributed by atoms with van der Waals surface area (Å²) >= 11 is 0. The van der Waals surface area contributed by atoms with Gasteiger partial charge in [0.25, 0.3) is 5.89 Å². The topological polar surface area (TPSA) is 117 Å². The van der Waals surface area contributed by atoms with Crippen LogP contribution < -0.4 is 5.14 Å². The van der Waals surface area contributed by atoms with Gasteiger partial charge in [-0.15, -0.1) is 0 Å². The zero-order valence-electron chi connectivity index (χ0n) is 15.0. The van der Waals surface area contributed by atoms with Crippen molar-refractivity contribution in [2.45, 2.75) is 18.7 Å². The molecular formula is C18H17N5O3S. The Labute approximate surface area is 155 Å². The summed E-state index contributed by atoms with van der Waals surface area (Å²) in [5, 5.41) is 14.6. The van der Waals surface area contributed by atoms with Crippen LogP contribution in [0.25, 0.3) is 33.7 Å². The lowest BCUT2D eigenvalue weighted by Crippen LogP contribution is -2.14. The Morgan fingerprint density at radius 2 is 1.89 bits per heavy atom. The minimum Gasteiger partial charge on any atom is -0.334 e. The van der Waals surface area contributed by atoms with Crippen molar-refractivity contribution in [1.82, 2.24) is 19.9 Å². The second-order valence-corrected chi connectivity index (χ2v) is 7.97. The Balaban J connectivity index is 1.81. The van der Waals surface area contributed by atoms with Gasteiger partial charge >= 0.3 is 0 Å². The largest absolute Gasteiger partial charge is 0.334 e. The Hall–Kier alpha value is -3.04. The quantitative estimate of drug-likeness (QED) is 0.581. The maximum absolute atomic E-state index is 11.8. The van der Waals surface area contributed by atoms with E-state index in [2.05, 4.69) is 15.2 Å². The number of hydrogen-bond donors (Lipinski definition) is 1. The SMILES string of the molecule is Cc1cc(C)c(S(N)(=O)=O)cc1-c1nc(-c2ccc3cnn(C)c3c2)no1. The lowest BCUT2D eigenvalue weighted by atomic mass is 10.1. The maximum Gasteiger partial charge on any atom is 0.258 e. The predicted molar refractivity (Wildman–Crippen MR) is 100 cm³/mol. The normalized spacial score (nSPS) is 12.0. The predicted octanol–water partition coefficient (Wildman–Crippen LogP) is 2.55. The third-order valence-corrected chi connectivity index (χ3v) is 5.55. The van der Waals surface area contributed by atoms with E-state index in [0.29, 0.717) is 17.0 Å². The van der Waals surface area contributed by atoms with Crippen LogP contribution in [0.4, 0.5) is 0 Å². The molecule has 4 aromatic rings. The van der Waals surface area contributed by atoms with E-state index in [0.717, 1.165) is 22.0 Å². The lowest BCUT2D eigenvalue weighted by Gasteiger charge is -2.08. The molecule has 0 fully saturated rings. The third-order valence-electron chi connectivity index (χ3n) is 4.49. The van der Waals surface area contributed by atoms with E-state index < -0.39 is 10.0 Å². The first-order valence-electron chi connectivity index (χ1n) is 8.14. The molecule has 0 atom stereocenters. The van der Waals surface area contributed by atoms with Gasteiger partial charge in [0.05, 0.1) is 16.6 Å². The summed E-state index contributed by atoms with van der Waals surface area (Å²) in [5.74, 6) is 0.641. The van der Waals surface area contributed by atoms with E-state index in [4.69, 9.17) is 9.66 Å². The fraction of sp³-hybridized carbons (Fsp3) is 0.167.